The third kappa shape index (κ3) is 4.94. The second-order valence-corrected chi connectivity index (χ2v) is 6.30. The first kappa shape index (κ1) is 19.1. The molecule has 2 amide bonds. The molecule has 0 saturated carbocycles. The lowest BCUT2D eigenvalue weighted by Crippen LogP contribution is -2.46. The fourth-order valence-electron chi connectivity index (χ4n) is 2.69. The topological polar surface area (TPSA) is 84.5 Å². The van der Waals surface area contributed by atoms with Crippen molar-refractivity contribution in [2.75, 3.05) is 0 Å². The maximum absolute atomic E-state index is 12.1. The quantitative estimate of drug-likeness (QED) is 0.530. The average Bonchev–Trinajstić information content (AvgIpc) is 2.72. The van der Waals surface area contributed by atoms with Gasteiger partial charge in [0, 0.05) is 5.56 Å². The predicted octanol–water partition coefficient (Wildman–Crippen LogP) is 2.78. The summed E-state index contributed by atoms with van der Waals surface area (Å²) in [7, 11) is 0. The molecule has 6 nitrogen and oxygen atoms in total. The van der Waals surface area contributed by atoms with Crippen LogP contribution in [0.5, 0.6) is 0 Å². The number of carbonyl (C=O) groups is 3. The molecule has 0 radical (unpaired) electrons. The van der Waals surface area contributed by atoms with Crippen LogP contribution >= 0.6 is 0 Å². The lowest BCUT2D eigenvalue weighted by molar-refractivity contribution is -0.154. The summed E-state index contributed by atoms with van der Waals surface area (Å²) in [5, 5.41) is 2.11. The van der Waals surface area contributed by atoms with E-state index in [9.17, 15) is 14.4 Å². The molecular weight excluding hydrogens is 356 g/mol. The van der Waals surface area contributed by atoms with Gasteiger partial charge >= 0.3 is 5.97 Å². The lowest BCUT2D eigenvalue weighted by Gasteiger charge is -2.14. The number of hydrogen-bond acceptors (Lipinski definition) is 4. The van der Waals surface area contributed by atoms with Gasteiger partial charge in [0.05, 0.1) is 6.42 Å². The van der Waals surface area contributed by atoms with Gasteiger partial charge in [-0.05, 0) is 35.4 Å². The first-order valence-electron chi connectivity index (χ1n) is 8.85. The van der Waals surface area contributed by atoms with Crippen LogP contribution in [0.1, 0.15) is 22.8 Å². The highest BCUT2D eigenvalue weighted by molar-refractivity contribution is 5.95. The molecule has 0 bridgehead atoms. The lowest BCUT2D eigenvalue weighted by atomic mass is 10.1. The summed E-state index contributed by atoms with van der Waals surface area (Å²) in [6, 6.07) is 22.0. The highest BCUT2D eigenvalue weighted by atomic mass is 16.5. The van der Waals surface area contributed by atoms with Crippen molar-refractivity contribution in [3.8, 4) is 0 Å². The second kappa shape index (κ2) is 8.81. The van der Waals surface area contributed by atoms with E-state index in [1.54, 1.807) is 30.3 Å². The fraction of sp³-hybridized carbons (Fsp3) is 0.136. The first-order chi connectivity index (χ1) is 13.5. The normalized spacial score (nSPS) is 11.5. The Labute approximate surface area is 162 Å². The SMILES string of the molecule is C[C@@H](OC(=O)Cc1ccc2ccccc2c1)C(=O)NNC(=O)c1ccccc1. The Balaban J connectivity index is 1.50. The summed E-state index contributed by atoms with van der Waals surface area (Å²) in [6.45, 7) is 1.45. The van der Waals surface area contributed by atoms with Crippen LogP contribution in [-0.2, 0) is 20.7 Å². The standard InChI is InChI=1S/C22H20N2O4/c1-15(21(26)23-24-22(27)18-8-3-2-4-9-18)28-20(25)14-16-11-12-17-7-5-6-10-19(17)13-16/h2-13,15H,14H2,1H3,(H,23,26)(H,24,27)/t15-/m1/s1. The molecule has 0 aliphatic carbocycles. The van der Waals surface area contributed by atoms with Crippen molar-refractivity contribution in [3.05, 3.63) is 83.9 Å². The third-order valence-corrected chi connectivity index (χ3v) is 4.17. The van der Waals surface area contributed by atoms with E-state index in [0.29, 0.717) is 5.56 Å². The molecule has 0 aliphatic rings. The van der Waals surface area contributed by atoms with Gasteiger partial charge in [0.1, 0.15) is 0 Å². The molecule has 0 saturated heterocycles. The summed E-state index contributed by atoms with van der Waals surface area (Å²) < 4.78 is 5.16. The van der Waals surface area contributed by atoms with Crippen LogP contribution in [0.2, 0.25) is 0 Å². The van der Waals surface area contributed by atoms with Crippen molar-refractivity contribution in [2.45, 2.75) is 19.4 Å². The zero-order valence-corrected chi connectivity index (χ0v) is 15.3. The number of esters is 1. The van der Waals surface area contributed by atoms with Crippen molar-refractivity contribution in [3.63, 3.8) is 0 Å². The molecule has 0 spiro atoms. The van der Waals surface area contributed by atoms with Gasteiger partial charge in [-0.3, -0.25) is 25.2 Å². The van der Waals surface area contributed by atoms with Gasteiger partial charge in [0.25, 0.3) is 11.8 Å². The van der Waals surface area contributed by atoms with Crippen molar-refractivity contribution >= 4 is 28.6 Å². The molecular formula is C22H20N2O4. The van der Waals surface area contributed by atoms with Crippen molar-refractivity contribution < 1.29 is 19.1 Å². The largest absolute Gasteiger partial charge is 0.452 e. The Morgan fingerprint density at radius 3 is 2.29 bits per heavy atom. The zero-order valence-electron chi connectivity index (χ0n) is 15.3. The van der Waals surface area contributed by atoms with Crippen LogP contribution < -0.4 is 10.9 Å². The van der Waals surface area contributed by atoms with Gasteiger partial charge in [0.2, 0.25) is 0 Å². The third-order valence-electron chi connectivity index (χ3n) is 4.17. The molecule has 6 heteroatoms. The van der Waals surface area contributed by atoms with Crippen LogP contribution in [0.15, 0.2) is 72.8 Å². The average molecular weight is 376 g/mol. The molecule has 2 N–H and O–H groups in total. The molecule has 1 atom stereocenters. The van der Waals surface area contributed by atoms with Gasteiger partial charge in [-0.15, -0.1) is 0 Å². The highest BCUT2D eigenvalue weighted by Gasteiger charge is 2.19. The number of ether oxygens (including phenoxy) is 1. The predicted molar refractivity (Wildman–Crippen MR) is 105 cm³/mol. The minimum atomic E-state index is -1.04. The van der Waals surface area contributed by atoms with Crippen LogP contribution in [0.3, 0.4) is 0 Å². The number of benzene rings is 3. The summed E-state index contributed by atoms with van der Waals surface area (Å²) in [4.78, 5) is 36.1. The summed E-state index contributed by atoms with van der Waals surface area (Å²) in [5.41, 5.74) is 5.76. The van der Waals surface area contributed by atoms with Gasteiger partial charge in [0.15, 0.2) is 6.10 Å². The molecule has 3 aromatic rings. The highest BCUT2D eigenvalue weighted by Crippen LogP contribution is 2.16. The number of rotatable bonds is 5. The van der Waals surface area contributed by atoms with Gasteiger partial charge in [-0.2, -0.15) is 0 Å². The Hall–Kier alpha value is -3.67. The maximum atomic E-state index is 12.1. The summed E-state index contributed by atoms with van der Waals surface area (Å²) in [6.07, 6.45) is -0.984. The number of hydrogen-bond donors (Lipinski definition) is 2. The van der Waals surface area contributed by atoms with E-state index in [1.807, 2.05) is 42.5 Å². The van der Waals surface area contributed by atoms with Crippen LogP contribution in [0.4, 0.5) is 0 Å². The van der Waals surface area contributed by atoms with E-state index in [4.69, 9.17) is 4.74 Å². The Morgan fingerprint density at radius 2 is 1.54 bits per heavy atom. The van der Waals surface area contributed by atoms with Crippen molar-refractivity contribution in [2.24, 2.45) is 0 Å². The molecule has 3 aromatic carbocycles. The number of carbonyl (C=O) groups excluding carboxylic acids is 3. The Bertz CT molecular complexity index is 1000. The molecule has 3 rings (SSSR count). The van der Waals surface area contributed by atoms with Crippen LogP contribution in [0, 0.1) is 0 Å². The molecule has 142 valence electrons. The first-order valence-corrected chi connectivity index (χ1v) is 8.85. The minimum absolute atomic E-state index is 0.0544. The number of nitrogens with one attached hydrogen (secondary N) is 2. The van der Waals surface area contributed by atoms with Crippen LogP contribution in [0.25, 0.3) is 10.8 Å². The monoisotopic (exact) mass is 376 g/mol. The molecule has 28 heavy (non-hydrogen) atoms. The van der Waals surface area contributed by atoms with Gasteiger partial charge in [-0.1, -0.05) is 60.7 Å². The van der Waals surface area contributed by atoms with Crippen LogP contribution in [-0.4, -0.2) is 23.9 Å². The number of fused-ring (bicyclic) bond motifs is 1. The Kier molecular flexibility index (Phi) is 6.01. The maximum Gasteiger partial charge on any atom is 0.311 e. The molecule has 0 aliphatic heterocycles. The summed E-state index contributed by atoms with van der Waals surface area (Å²) in [5.74, 6) is -1.59. The van der Waals surface area contributed by atoms with Crippen molar-refractivity contribution in [1.29, 1.82) is 0 Å². The van der Waals surface area contributed by atoms with E-state index in [-0.39, 0.29) is 6.42 Å². The minimum Gasteiger partial charge on any atom is -0.452 e. The Morgan fingerprint density at radius 1 is 0.857 bits per heavy atom. The number of amides is 2. The van der Waals surface area contributed by atoms with Gasteiger partial charge < -0.3 is 4.74 Å². The van der Waals surface area contributed by atoms with E-state index in [1.165, 1.54) is 6.92 Å². The molecule has 0 aromatic heterocycles. The van der Waals surface area contributed by atoms with E-state index in [0.717, 1.165) is 16.3 Å². The number of hydrazine groups is 1. The molecule has 0 unspecified atom stereocenters. The van der Waals surface area contributed by atoms with E-state index in [2.05, 4.69) is 10.9 Å². The van der Waals surface area contributed by atoms with Crippen molar-refractivity contribution in [1.82, 2.24) is 10.9 Å². The molecule has 0 fully saturated rings. The second-order valence-electron chi connectivity index (χ2n) is 6.30. The summed E-state index contributed by atoms with van der Waals surface area (Å²) >= 11 is 0. The van der Waals surface area contributed by atoms with Gasteiger partial charge in [-0.25, -0.2) is 0 Å². The molecule has 0 heterocycles. The zero-order chi connectivity index (χ0) is 19.9. The smallest absolute Gasteiger partial charge is 0.311 e. The fourth-order valence-corrected chi connectivity index (χ4v) is 2.69. The van der Waals surface area contributed by atoms with E-state index < -0.39 is 23.9 Å². The van der Waals surface area contributed by atoms with E-state index >= 15 is 0 Å².